The first-order chi connectivity index (χ1) is 20.5. The molecule has 0 spiro atoms. The predicted octanol–water partition coefficient (Wildman–Crippen LogP) is 3.07. The molecule has 4 atom stereocenters. The van der Waals surface area contributed by atoms with Gasteiger partial charge >= 0.3 is 0 Å². The number of hydrogen-bond acceptors (Lipinski definition) is 12. The fraction of sp³-hybridized carbons (Fsp3) is 0.900. The van der Waals surface area contributed by atoms with Crippen molar-refractivity contribution in [3.63, 3.8) is 0 Å². The van der Waals surface area contributed by atoms with Gasteiger partial charge in [0, 0.05) is 50.5 Å². The highest BCUT2D eigenvalue weighted by molar-refractivity contribution is 7.99. The lowest BCUT2D eigenvalue weighted by Gasteiger charge is -2.34. The Bertz CT molecular complexity index is 879. The van der Waals surface area contributed by atoms with E-state index in [4.69, 9.17) is 23.8 Å². The van der Waals surface area contributed by atoms with E-state index in [9.17, 15) is 9.90 Å². The third kappa shape index (κ3) is 16.6. The number of unbranched alkanes of at least 4 members (excludes halogenated alkanes) is 2. The smallest absolute Gasteiger partial charge is 0.173 e. The van der Waals surface area contributed by atoms with E-state index in [1.807, 2.05) is 58.0 Å². The van der Waals surface area contributed by atoms with Crippen molar-refractivity contribution >= 4 is 17.5 Å². The van der Waals surface area contributed by atoms with Crippen LogP contribution >= 0.6 is 11.8 Å². The number of rotatable bonds is 23. The number of aryl methyl sites for hydroxylation is 1. The molecule has 2 heterocycles. The minimum absolute atomic E-state index is 0.121. The van der Waals surface area contributed by atoms with Crippen LogP contribution in [0.2, 0.25) is 0 Å². The summed E-state index contributed by atoms with van der Waals surface area (Å²) in [6.45, 7) is 18.4. The predicted molar refractivity (Wildman–Crippen MR) is 168 cm³/mol. The van der Waals surface area contributed by atoms with Crippen LogP contribution < -0.4 is 5.48 Å². The second-order valence-corrected chi connectivity index (χ2v) is 13.6. The number of nitrogens with zero attached hydrogens (tertiary/aromatic N) is 4. The number of nitrogens with one attached hydrogen (secondary N) is 1. The van der Waals surface area contributed by atoms with Crippen molar-refractivity contribution in [1.82, 2.24) is 25.4 Å². The molecule has 0 aromatic carbocycles. The molecule has 4 unspecified atom stereocenters. The lowest BCUT2D eigenvalue weighted by molar-refractivity contribution is -0.234. The molecular formula is C30H57N5O7S. The normalized spacial score (nSPS) is 17.7. The Hall–Kier alpha value is -1.16. The van der Waals surface area contributed by atoms with Crippen molar-refractivity contribution < 1.29 is 33.7 Å². The summed E-state index contributed by atoms with van der Waals surface area (Å²) in [5, 5.41) is 18.5. The van der Waals surface area contributed by atoms with E-state index >= 15 is 0 Å². The highest BCUT2D eigenvalue weighted by Crippen LogP contribution is 2.19. The summed E-state index contributed by atoms with van der Waals surface area (Å²) in [4.78, 5) is 20.4. The Balaban J connectivity index is 1.62. The van der Waals surface area contributed by atoms with Crippen LogP contribution in [0.15, 0.2) is 6.20 Å². The van der Waals surface area contributed by atoms with E-state index in [-0.39, 0.29) is 31.0 Å². The summed E-state index contributed by atoms with van der Waals surface area (Å²) in [5.41, 5.74) is 3.36. The Kier molecular flexibility index (Phi) is 18.4. The molecule has 13 heteroatoms. The average molecular weight is 632 g/mol. The molecule has 250 valence electrons. The second kappa shape index (κ2) is 20.8. The van der Waals surface area contributed by atoms with Gasteiger partial charge in [0.1, 0.15) is 12.2 Å². The Morgan fingerprint density at radius 3 is 2.49 bits per heavy atom. The van der Waals surface area contributed by atoms with Crippen molar-refractivity contribution in [2.45, 2.75) is 111 Å². The van der Waals surface area contributed by atoms with E-state index in [1.165, 1.54) is 18.4 Å². The molecule has 2 N–H and O–H groups in total. The van der Waals surface area contributed by atoms with Gasteiger partial charge in [-0.25, -0.2) is 0 Å². The van der Waals surface area contributed by atoms with Gasteiger partial charge in [0.05, 0.1) is 43.8 Å². The molecule has 0 aliphatic carbocycles. The lowest BCUT2D eigenvalue weighted by Crippen LogP contribution is -2.48. The summed E-state index contributed by atoms with van der Waals surface area (Å²) in [6, 6.07) is 0. The summed E-state index contributed by atoms with van der Waals surface area (Å²) in [6.07, 6.45) is 2.41. The van der Waals surface area contributed by atoms with Crippen LogP contribution in [-0.2, 0) is 41.7 Å². The largest absolute Gasteiger partial charge is 0.394 e. The number of hydrogen-bond donors (Lipinski definition) is 2. The van der Waals surface area contributed by atoms with E-state index in [0.717, 1.165) is 51.1 Å². The first-order valence-corrected chi connectivity index (χ1v) is 16.9. The van der Waals surface area contributed by atoms with Gasteiger partial charge in [-0.05, 0) is 59.8 Å². The molecule has 1 aromatic rings. The average Bonchev–Trinajstić information content (AvgIpc) is 3.39. The van der Waals surface area contributed by atoms with Crippen molar-refractivity contribution in [1.29, 1.82) is 0 Å². The fourth-order valence-corrected chi connectivity index (χ4v) is 5.33. The van der Waals surface area contributed by atoms with Gasteiger partial charge in [-0.1, -0.05) is 19.1 Å². The highest BCUT2D eigenvalue weighted by atomic mass is 32.2. The summed E-state index contributed by atoms with van der Waals surface area (Å²) in [7, 11) is 0. The number of aliphatic hydroxyl groups is 1. The summed E-state index contributed by atoms with van der Waals surface area (Å²) >= 11 is 2.01. The molecular weight excluding hydrogens is 574 g/mol. The van der Waals surface area contributed by atoms with E-state index in [2.05, 4.69) is 26.9 Å². The van der Waals surface area contributed by atoms with Crippen molar-refractivity contribution in [3.05, 3.63) is 11.9 Å². The molecule has 0 amide bonds. The number of ketones is 1. The SMILES string of the molecule is CC(=O)C(OC(CNOCCOCCCCCn1cc(CN2CCSCC2)nn1)OC(C)C(C)C)C(CO)OC(C)(C)C. The van der Waals surface area contributed by atoms with Crippen LogP contribution in [-0.4, -0.2) is 119 Å². The second-order valence-electron chi connectivity index (χ2n) is 12.4. The van der Waals surface area contributed by atoms with Gasteiger partial charge in [0.15, 0.2) is 12.1 Å². The zero-order chi connectivity index (χ0) is 31.7. The Morgan fingerprint density at radius 2 is 1.84 bits per heavy atom. The first kappa shape index (κ1) is 38.0. The van der Waals surface area contributed by atoms with Gasteiger partial charge in [0.25, 0.3) is 0 Å². The van der Waals surface area contributed by atoms with E-state index in [0.29, 0.717) is 19.8 Å². The Labute approximate surface area is 262 Å². The van der Waals surface area contributed by atoms with Gasteiger partial charge < -0.3 is 24.1 Å². The third-order valence-electron chi connectivity index (χ3n) is 6.96. The molecule has 1 saturated heterocycles. The number of aliphatic hydroxyl groups excluding tert-OH is 1. The highest BCUT2D eigenvalue weighted by Gasteiger charge is 2.33. The van der Waals surface area contributed by atoms with Crippen molar-refractivity contribution in [2.75, 3.05) is 57.6 Å². The minimum atomic E-state index is -0.982. The number of aromatic nitrogens is 3. The van der Waals surface area contributed by atoms with Crippen LogP contribution in [0.4, 0.5) is 0 Å². The maximum atomic E-state index is 12.4. The van der Waals surface area contributed by atoms with E-state index < -0.39 is 24.1 Å². The molecule has 0 saturated carbocycles. The molecule has 1 aliphatic rings. The molecule has 1 aromatic heterocycles. The molecule has 0 bridgehead atoms. The van der Waals surface area contributed by atoms with Crippen LogP contribution in [0.25, 0.3) is 0 Å². The van der Waals surface area contributed by atoms with Gasteiger partial charge in [-0.2, -0.15) is 17.2 Å². The zero-order valence-electron chi connectivity index (χ0n) is 27.5. The van der Waals surface area contributed by atoms with Crippen molar-refractivity contribution in [3.8, 4) is 0 Å². The molecule has 1 aliphatic heterocycles. The first-order valence-electron chi connectivity index (χ1n) is 15.7. The molecule has 1 fully saturated rings. The number of thioether (sulfide) groups is 1. The Morgan fingerprint density at radius 1 is 1.09 bits per heavy atom. The minimum Gasteiger partial charge on any atom is -0.394 e. The van der Waals surface area contributed by atoms with Crippen molar-refractivity contribution in [2.24, 2.45) is 5.92 Å². The maximum Gasteiger partial charge on any atom is 0.173 e. The summed E-state index contributed by atoms with van der Waals surface area (Å²) in [5.74, 6) is 2.39. The van der Waals surface area contributed by atoms with Crippen LogP contribution in [0.5, 0.6) is 0 Å². The van der Waals surface area contributed by atoms with Crippen LogP contribution in [0, 0.1) is 5.92 Å². The number of Topliss-reactive ketones (excluding diaryl/α,β-unsaturated/α-hetero) is 1. The molecule has 12 nitrogen and oxygen atoms in total. The topological polar surface area (TPSA) is 129 Å². The molecule has 43 heavy (non-hydrogen) atoms. The molecule has 2 rings (SSSR count). The van der Waals surface area contributed by atoms with Crippen LogP contribution in [0.1, 0.15) is 73.4 Å². The zero-order valence-corrected chi connectivity index (χ0v) is 28.3. The third-order valence-corrected chi connectivity index (χ3v) is 7.90. The van der Waals surface area contributed by atoms with Gasteiger partial charge in [-0.15, -0.1) is 5.10 Å². The lowest BCUT2D eigenvalue weighted by atomic mass is 10.1. The maximum absolute atomic E-state index is 12.4. The van der Waals surface area contributed by atoms with Gasteiger partial charge in [-0.3, -0.25) is 19.2 Å². The summed E-state index contributed by atoms with van der Waals surface area (Å²) < 4.78 is 25.6. The fourth-order valence-electron chi connectivity index (χ4n) is 4.35. The number of carbonyl (C=O) groups is 1. The number of carbonyl (C=O) groups excluding carboxylic acids is 1. The quantitative estimate of drug-likeness (QED) is 0.105. The number of ether oxygens (including phenoxy) is 4. The van der Waals surface area contributed by atoms with Gasteiger partial charge in [0.2, 0.25) is 0 Å². The van der Waals surface area contributed by atoms with Crippen LogP contribution in [0.3, 0.4) is 0 Å². The van der Waals surface area contributed by atoms with E-state index in [1.54, 1.807) is 0 Å². The monoisotopic (exact) mass is 631 g/mol. The number of hydroxylamine groups is 1. The molecule has 0 radical (unpaired) electrons. The standard InChI is InChI=1S/C30H57N5O7S/c1-23(2)25(4)40-28(41-29(24(3)37)27(22-36)42-30(5,6)7)19-31-39-16-15-38-14-10-8-9-11-35-21-26(32-33-35)20-34-12-17-43-18-13-34/h21,23,25,27-29,31,36H,8-20,22H2,1-7H3.